The van der Waals surface area contributed by atoms with Crippen molar-refractivity contribution in [3.63, 3.8) is 0 Å². The van der Waals surface area contributed by atoms with Gasteiger partial charge in [0.25, 0.3) is 0 Å². The summed E-state index contributed by atoms with van der Waals surface area (Å²) in [6.07, 6.45) is -3.80. The van der Waals surface area contributed by atoms with Crippen LogP contribution in [0.3, 0.4) is 0 Å². The highest BCUT2D eigenvalue weighted by Crippen LogP contribution is 2.34. The fraction of sp³-hybridized carbons (Fsp3) is 0.250. The first kappa shape index (κ1) is 11.8. The zero-order valence-electron chi connectivity index (χ0n) is 7.39. The SMILES string of the molecule is Cc1ncc(C#N)c(OC(F)(F)F)c1Br. The maximum absolute atomic E-state index is 12.0. The predicted molar refractivity (Wildman–Crippen MR) is 48.1 cm³/mol. The first-order valence-corrected chi connectivity index (χ1v) is 4.45. The molecule has 0 aromatic carbocycles. The minimum absolute atomic E-state index is 0.0267. The maximum atomic E-state index is 12.0. The number of ether oxygens (including phenoxy) is 1. The minimum Gasteiger partial charge on any atom is -0.403 e. The summed E-state index contributed by atoms with van der Waals surface area (Å²) in [5, 5.41) is 8.57. The van der Waals surface area contributed by atoms with Crippen molar-refractivity contribution in [3.05, 3.63) is 21.9 Å². The van der Waals surface area contributed by atoms with E-state index >= 15 is 0 Å². The number of nitrogens with zero attached hydrogens (tertiary/aromatic N) is 2. The topological polar surface area (TPSA) is 45.9 Å². The van der Waals surface area contributed by atoms with Crippen LogP contribution in [0, 0.1) is 18.3 Å². The van der Waals surface area contributed by atoms with E-state index in [1.807, 2.05) is 0 Å². The van der Waals surface area contributed by atoms with Crippen LogP contribution in [-0.4, -0.2) is 11.3 Å². The highest BCUT2D eigenvalue weighted by Gasteiger charge is 2.33. The highest BCUT2D eigenvalue weighted by molar-refractivity contribution is 9.10. The summed E-state index contributed by atoms with van der Waals surface area (Å²) < 4.78 is 39.7. The third-order valence-electron chi connectivity index (χ3n) is 1.49. The van der Waals surface area contributed by atoms with Crippen LogP contribution in [-0.2, 0) is 0 Å². The van der Waals surface area contributed by atoms with Crippen molar-refractivity contribution in [1.29, 1.82) is 5.26 Å². The predicted octanol–water partition coefficient (Wildman–Crippen LogP) is 2.92. The van der Waals surface area contributed by atoms with Crippen LogP contribution in [0.25, 0.3) is 0 Å². The summed E-state index contributed by atoms with van der Waals surface area (Å²) in [4.78, 5) is 3.72. The monoisotopic (exact) mass is 280 g/mol. The van der Waals surface area contributed by atoms with Gasteiger partial charge in [-0.15, -0.1) is 13.2 Å². The molecule has 0 atom stereocenters. The van der Waals surface area contributed by atoms with Gasteiger partial charge in [0.05, 0.1) is 10.2 Å². The van der Waals surface area contributed by atoms with E-state index in [2.05, 4.69) is 25.7 Å². The van der Waals surface area contributed by atoms with E-state index in [9.17, 15) is 13.2 Å². The Morgan fingerprint density at radius 2 is 2.13 bits per heavy atom. The van der Waals surface area contributed by atoms with Gasteiger partial charge in [-0.25, -0.2) is 0 Å². The number of rotatable bonds is 1. The molecule has 80 valence electrons. The maximum Gasteiger partial charge on any atom is 0.573 e. The number of aryl methyl sites for hydroxylation is 1. The molecular formula is C8H4BrF3N2O. The van der Waals surface area contributed by atoms with Crippen LogP contribution >= 0.6 is 15.9 Å². The molecular weight excluding hydrogens is 277 g/mol. The van der Waals surface area contributed by atoms with Crippen LogP contribution in [0.1, 0.15) is 11.3 Å². The number of alkyl halides is 3. The summed E-state index contributed by atoms with van der Waals surface area (Å²) in [5.74, 6) is -0.558. The zero-order chi connectivity index (χ0) is 11.6. The van der Waals surface area contributed by atoms with Crippen LogP contribution < -0.4 is 4.74 Å². The van der Waals surface area contributed by atoms with Gasteiger partial charge in [-0.1, -0.05) is 0 Å². The molecule has 0 spiro atoms. The summed E-state index contributed by atoms with van der Waals surface area (Å²) in [5.41, 5.74) is 0.0399. The smallest absolute Gasteiger partial charge is 0.403 e. The van der Waals surface area contributed by atoms with E-state index in [0.717, 1.165) is 6.20 Å². The summed E-state index contributed by atoms with van der Waals surface area (Å²) in [7, 11) is 0. The van der Waals surface area contributed by atoms with Crippen molar-refractivity contribution < 1.29 is 17.9 Å². The Kier molecular flexibility index (Phi) is 3.19. The standard InChI is InChI=1S/C8H4BrF3N2O/c1-4-6(9)7(15-8(10,11)12)5(2-13)3-14-4/h3H,1H3. The van der Waals surface area contributed by atoms with Gasteiger partial charge in [0.2, 0.25) is 0 Å². The van der Waals surface area contributed by atoms with Crippen molar-refractivity contribution in [3.8, 4) is 11.8 Å². The van der Waals surface area contributed by atoms with Crippen molar-refractivity contribution in [2.24, 2.45) is 0 Å². The molecule has 0 saturated heterocycles. The number of aromatic nitrogens is 1. The Hall–Kier alpha value is -1.29. The number of halogens is 4. The van der Waals surface area contributed by atoms with Gasteiger partial charge in [0, 0.05) is 6.20 Å². The molecule has 0 aliphatic rings. The van der Waals surface area contributed by atoms with Crippen molar-refractivity contribution in [2.75, 3.05) is 0 Å². The second kappa shape index (κ2) is 4.06. The first-order chi connectivity index (χ1) is 6.85. The van der Waals surface area contributed by atoms with E-state index in [-0.39, 0.29) is 10.0 Å². The normalized spacial score (nSPS) is 10.9. The molecule has 1 aromatic heterocycles. The van der Waals surface area contributed by atoms with E-state index in [1.54, 1.807) is 6.07 Å². The zero-order valence-corrected chi connectivity index (χ0v) is 8.98. The van der Waals surface area contributed by atoms with Gasteiger partial charge in [-0.05, 0) is 22.9 Å². The minimum atomic E-state index is -4.83. The van der Waals surface area contributed by atoms with Crippen LogP contribution in [0.2, 0.25) is 0 Å². The van der Waals surface area contributed by atoms with Gasteiger partial charge in [0.1, 0.15) is 11.6 Å². The lowest BCUT2D eigenvalue weighted by Gasteiger charge is -2.12. The second-order valence-electron chi connectivity index (χ2n) is 2.56. The molecule has 3 nitrogen and oxygen atoms in total. The third kappa shape index (κ3) is 2.83. The molecule has 1 heterocycles. The summed E-state index contributed by atoms with van der Waals surface area (Å²) >= 11 is 2.89. The molecule has 0 aliphatic heterocycles. The Labute approximate surface area is 91.6 Å². The van der Waals surface area contributed by atoms with Gasteiger partial charge < -0.3 is 4.74 Å². The Morgan fingerprint density at radius 1 is 1.53 bits per heavy atom. The molecule has 1 aromatic rings. The molecule has 0 N–H and O–H groups in total. The van der Waals surface area contributed by atoms with Crippen LogP contribution in [0.15, 0.2) is 10.7 Å². The lowest BCUT2D eigenvalue weighted by atomic mass is 10.2. The largest absolute Gasteiger partial charge is 0.573 e. The van der Waals surface area contributed by atoms with Crippen molar-refractivity contribution in [1.82, 2.24) is 4.98 Å². The van der Waals surface area contributed by atoms with Gasteiger partial charge >= 0.3 is 6.36 Å². The average molecular weight is 281 g/mol. The first-order valence-electron chi connectivity index (χ1n) is 3.66. The fourth-order valence-corrected chi connectivity index (χ4v) is 1.25. The molecule has 0 fully saturated rings. The molecule has 0 amide bonds. The third-order valence-corrected chi connectivity index (χ3v) is 2.42. The highest BCUT2D eigenvalue weighted by atomic mass is 79.9. The van der Waals surface area contributed by atoms with Gasteiger partial charge in [-0.2, -0.15) is 5.26 Å². The molecule has 0 saturated carbocycles. The van der Waals surface area contributed by atoms with Crippen molar-refractivity contribution >= 4 is 15.9 Å². The number of hydrogen-bond acceptors (Lipinski definition) is 3. The molecule has 1 rings (SSSR count). The molecule has 0 bridgehead atoms. The van der Waals surface area contributed by atoms with Crippen LogP contribution in [0.5, 0.6) is 5.75 Å². The Bertz CT molecular complexity index is 425. The number of pyridine rings is 1. The average Bonchev–Trinajstić information content (AvgIpc) is 2.11. The lowest BCUT2D eigenvalue weighted by molar-refractivity contribution is -0.275. The summed E-state index contributed by atoms with van der Waals surface area (Å²) in [6, 6.07) is 1.57. The van der Waals surface area contributed by atoms with Gasteiger partial charge in [-0.3, -0.25) is 4.98 Å². The van der Waals surface area contributed by atoms with Crippen LogP contribution in [0.4, 0.5) is 13.2 Å². The quantitative estimate of drug-likeness (QED) is 0.795. The van der Waals surface area contributed by atoms with Crippen molar-refractivity contribution in [2.45, 2.75) is 13.3 Å². The molecule has 0 unspecified atom stereocenters. The number of hydrogen-bond donors (Lipinski definition) is 0. The lowest BCUT2D eigenvalue weighted by Crippen LogP contribution is -2.18. The Morgan fingerprint density at radius 3 is 2.60 bits per heavy atom. The van der Waals surface area contributed by atoms with Gasteiger partial charge in [0.15, 0.2) is 5.75 Å². The fourth-order valence-electron chi connectivity index (χ4n) is 0.854. The van der Waals surface area contributed by atoms with E-state index in [0.29, 0.717) is 5.69 Å². The molecule has 0 radical (unpaired) electrons. The number of nitriles is 1. The van der Waals surface area contributed by atoms with E-state index < -0.39 is 12.1 Å². The molecule has 15 heavy (non-hydrogen) atoms. The summed E-state index contributed by atoms with van der Waals surface area (Å²) in [6.45, 7) is 1.49. The van der Waals surface area contributed by atoms with E-state index in [1.165, 1.54) is 6.92 Å². The second-order valence-corrected chi connectivity index (χ2v) is 3.35. The molecule has 7 heteroatoms. The Balaban J connectivity index is 3.26. The van der Waals surface area contributed by atoms with E-state index in [4.69, 9.17) is 5.26 Å². The molecule has 0 aliphatic carbocycles.